The molecule has 0 radical (unpaired) electrons. The molecule has 0 aliphatic carbocycles. The van der Waals surface area contributed by atoms with E-state index >= 15 is 0 Å². The van der Waals surface area contributed by atoms with Crippen molar-refractivity contribution in [3.05, 3.63) is 35.9 Å². The van der Waals surface area contributed by atoms with Gasteiger partial charge in [-0.1, -0.05) is 51.1 Å². The summed E-state index contributed by atoms with van der Waals surface area (Å²) in [6.07, 6.45) is 0.369. The minimum absolute atomic E-state index is 0.00944. The molecule has 0 spiro atoms. The van der Waals surface area contributed by atoms with Crippen LogP contribution < -0.4 is 10.6 Å². The van der Waals surface area contributed by atoms with Crippen molar-refractivity contribution < 1.29 is 9.59 Å². The minimum atomic E-state index is -0.395. The molecule has 19 heavy (non-hydrogen) atoms. The van der Waals surface area contributed by atoms with E-state index in [1.807, 2.05) is 51.1 Å². The highest BCUT2D eigenvalue weighted by molar-refractivity contribution is 5.81. The molecule has 0 atom stereocenters. The number of hydrogen-bond acceptors (Lipinski definition) is 2. The topological polar surface area (TPSA) is 58.2 Å². The van der Waals surface area contributed by atoms with E-state index in [0.717, 1.165) is 5.56 Å². The van der Waals surface area contributed by atoms with Gasteiger partial charge in [0.2, 0.25) is 11.8 Å². The standard InChI is InChI=1S/C15H22N2O2/c1-15(2,3)14(19)17-10-9-16-13(18)11-12-7-5-4-6-8-12/h4-8H,9-11H2,1-3H3,(H,16,18)(H,17,19). The first-order chi connectivity index (χ1) is 8.89. The highest BCUT2D eigenvalue weighted by Crippen LogP contribution is 2.11. The first kappa shape index (κ1) is 15.2. The summed E-state index contributed by atoms with van der Waals surface area (Å²) in [5, 5.41) is 5.57. The molecule has 0 saturated carbocycles. The minimum Gasteiger partial charge on any atom is -0.354 e. The van der Waals surface area contributed by atoms with Crippen LogP contribution in [0.4, 0.5) is 0 Å². The third kappa shape index (κ3) is 6.04. The van der Waals surface area contributed by atoms with Gasteiger partial charge in [-0.25, -0.2) is 0 Å². The van der Waals surface area contributed by atoms with Crippen LogP contribution in [0.15, 0.2) is 30.3 Å². The van der Waals surface area contributed by atoms with Crippen LogP contribution in [0.5, 0.6) is 0 Å². The van der Waals surface area contributed by atoms with E-state index in [1.54, 1.807) is 0 Å². The first-order valence-electron chi connectivity index (χ1n) is 6.48. The highest BCUT2D eigenvalue weighted by Gasteiger charge is 2.20. The molecule has 0 fully saturated rings. The van der Waals surface area contributed by atoms with E-state index in [9.17, 15) is 9.59 Å². The molecule has 0 aromatic heterocycles. The molecular formula is C15H22N2O2. The van der Waals surface area contributed by atoms with Crippen LogP contribution >= 0.6 is 0 Å². The van der Waals surface area contributed by atoms with Crippen LogP contribution in [0.2, 0.25) is 0 Å². The van der Waals surface area contributed by atoms with Gasteiger partial charge in [0.25, 0.3) is 0 Å². The summed E-state index contributed by atoms with van der Waals surface area (Å²) in [6.45, 7) is 6.48. The lowest BCUT2D eigenvalue weighted by Crippen LogP contribution is -2.40. The molecule has 0 bridgehead atoms. The van der Waals surface area contributed by atoms with Crippen LogP contribution in [0.1, 0.15) is 26.3 Å². The average Bonchev–Trinajstić information content (AvgIpc) is 2.34. The van der Waals surface area contributed by atoms with Gasteiger partial charge in [-0.3, -0.25) is 9.59 Å². The number of carbonyl (C=O) groups is 2. The molecule has 1 rings (SSSR count). The van der Waals surface area contributed by atoms with Gasteiger partial charge in [-0.2, -0.15) is 0 Å². The summed E-state index contributed by atoms with van der Waals surface area (Å²) in [4.78, 5) is 23.2. The largest absolute Gasteiger partial charge is 0.354 e. The molecule has 0 unspecified atom stereocenters. The molecule has 4 nitrogen and oxygen atoms in total. The molecule has 1 aromatic carbocycles. The molecule has 0 aliphatic rings. The van der Waals surface area contributed by atoms with Crippen LogP contribution in [0.3, 0.4) is 0 Å². The number of nitrogens with one attached hydrogen (secondary N) is 2. The maximum absolute atomic E-state index is 11.6. The van der Waals surface area contributed by atoms with Crippen molar-refractivity contribution in [2.45, 2.75) is 27.2 Å². The summed E-state index contributed by atoms with van der Waals surface area (Å²) < 4.78 is 0. The Hall–Kier alpha value is -1.84. The number of benzene rings is 1. The Morgan fingerprint density at radius 1 is 1.00 bits per heavy atom. The van der Waals surface area contributed by atoms with E-state index in [4.69, 9.17) is 0 Å². The SMILES string of the molecule is CC(C)(C)C(=O)NCCNC(=O)Cc1ccccc1. The Balaban J connectivity index is 2.20. The van der Waals surface area contributed by atoms with Crippen molar-refractivity contribution in [1.82, 2.24) is 10.6 Å². The second-order valence-corrected chi connectivity index (χ2v) is 5.52. The van der Waals surface area contributed by atoms with Gasteiger partial charge >= 0.3 is 0 Å². The van der Waals surface area contributed by atoms with Crippen molar-refractivity contribution >= 4 is 11.8 Å². The molecular weight excluding hydrogens is 240 g/mol. The Bertz CT molecular complexity index is 422. The quantitative estimate of drug-likeness (QED) is 0.790. The summed E-state index contributed by atoms with van der Waals surface area (Å²) in [6, 6.07) is 9.57. The van der Waals surface area contributed by atoms with Crippen molar-refractivity contribution in [2.24, 2.45) is 5.41 Å². The van der Waals surface area contributed by atoms with E-state index in [-0.39, 0.29) is 11.8 Å². The van der Waals surface area contributed by atoms with Gasteiger partial charge in [0.05, 0.1) is 6.42 Å². The van der Waals surface area contributed by atoms with Gasteiger partial charge in [0, 0.05) is 18.5 Å². The number of amides is 2. The Morgan fingerprint density at radius 2 is 1.58 bits per heavy atom. The van der Waals surface area contributed by atoms with Crippen molar-refractivity contribution in [3.8, 4) is 0 Å². The maximum atomic E-state index is 11.6. The molecule has 104 valence electrons. The first-order valence-corrected chi connectivity index (χ1v) is 6.48. The van der Waals surface area contributed by atoms with Crippen LogP contribution in [0, 0.1) is 5.41 Å². The zero-order chi connectivity index (χ0) is 14.3. The second kappa shape index (κ2) is 6.92. The smallest absolute Gasteiger partial charge is 0.225 e. The lowest BCUT2D eigenvalue weighted by Gasteiger charge is -2.17. The maximum Gasteiger partial charge on any atom is 0.225 e. The van der Waals surface area contributed by atoms with Crippen LogP contribution in [0.25, 0.3) is 0 Å². The summed E-state index contributed by atoms with van der Waals surface area (Å²) in [5.74, 6) is -0.0407. The van der Waals surface area contributed by atoms with Crippen LogP contribution in [-0.2, 0) is 16.0 Å². The normalized spacial score (nSPS) is 10.9. The Labute approximate surface area is 114 Å². The molecule has 4 heteroatoms. The van der Waals surface area contributed by atoms with Gasteiger partial charge < -0.3 is 10.6 Å². The summed E-state index contributed by atoms with van der Waals surface area (Å²) in [7, 11) is 0. The lowest BCUT2D eigenvalue weighted by atomic mass is 9.96. The predicted molar refractivity (Wildman–Crippen MR) is 75.6 cm³/mol. The number of hydrogen-bond donors (Lipinski definition) is 2. The molecule has 0 saturated heterocycles. The third-order valence-corrected chi connectivity index (χ3v) is 2.62. The van der Waals surface area contributed by atoms with Gasteiger partial charge in [-0.05, 0) is 5.56 Å². The summed E-state index contributed by atoms with van der Waals surface area (Å²) >= 11 is 0. The third-order valence-electron chi connectivity index (χ3n) is 2.62. The fourth-order valence-corrected chi connectivity index (χ4v) is 1.49. The van der Waals surface area contributed by atoms with E-state index < -0.39 is 5.41 Å². The van der Waals surface area contributed by atoms with Crippen LogP contribution in [-0.4, -0.2) is 24.9 Å². The van der Waals surface area contributed by atoms with Gasteiger partial charge in [0.15, 0.2) is 0 Å². The predicted octanol–water partition coefficient (Wildman–Crippen LogP) is 1.51. The van der Waals surface area contributed by atoms with Gasteiger partial charge in [0.1, 0.15) is 0 Å². The van der Waals surface area contributed by atoms with E-state index in [2.05, 4.69) is 10.6 Å². The second-order valence-electron chi connectivity index (χ2n) is 5.52. The van der Waals surface area contributed by atoms with E-state index in [0.29, 0.717) is 19.5 Å². The van der Waals surface area contributed by atoms with Crippen molar-refractivity contribution in [2.75, 3.05) is 13.1 Å². The van der Waals surface area contributed by atoms with E-state index in [1.165, 1.54) is 0 Å². The Morgan fingerprint density at radius 3 is 2.16 bits per heavy atom. The molecule has 0 heterocycles. The fraction of sp³-hybridized carbons (Fsp3) is 0.467. The summed E-state index contributed by atoms with van der Waals surface area (Å²) in [5.41, 5.74) is 0.590. The van der Waals surface area contributed by atoms with Crippen molar-refractivity contribution in [3.63, 3.8) is 0 Å². The zero-order valence-electron chi connectivity index (χ0n) is 11.8. The molecule has 2 N–H and O–H groups in total. The van der Waals surface area contributed by atoms with Crippen molar-refractivity contribution in [1.29, 1.82) is 0 Å². The molecule has 2 amide bonds. The fourth-order valence-electron chi connectivity index (χ4n) is 1.49. The molecule has 1 aromatic rings. The Kier molecular flexibility index (Phi) is 5.55. The number of rotatable bonds is 5. The highest BCUT2D eigenvalue weighted by atomic mass is 16.2. The number of carbonyl (C=O) groups excluding carboxylic acids is 2. The van der Waals surface area contributed by atoms with Gasteiger partial charge in [-0.15, -0.1) is 0 Å². The lowest BCUT2D eigenvalue weighted by molar-refractivity contribution is -0.128. The average molecular weight is 262 g/mol. The molecule has 0 aliphatic heterocycles. The zero-order valence-corrected chi connectivity index (χ0v) is 11.8. The monoisotopic (exact) mass is 262 g/mol.